The van der Waals surface area contributed by atoms with E-state index in [1.54, 1.807) is 7.11 Å². The van der Waals surface area contributed by atoms with Gasteiger partial charge < -0.3 is 19.1 Å². The molecule has 0 aliphatic heterocycles. The molecule has 0 saturated heterocycles. The second-order valence-electron chi connectivity index (χ2n) is 9.92. The third-order valence-corrected chi connectivity index (χ3v) is 6.63. The van der Waals surface area contributed by atoms with Gasteiger partial charge in [0.2, 0.25) is 0 Å². The van der Waals surface area contributed by atoms with Crippen molar-refractivity contribution in [3.8, 4) is 17.2 Å². The number of allylic oxidation sites excluding steroid dienone is 1. The minimum atomic E-state index is -0.287. The van der Waals surface area contributed by atoms with Crippen molar-refractivity contribution in [2.45, 2.75) is 19.8 Å². The molecule has 0 N–H and O–H groups in total. The smallest absolute Gasteiger partial charge is 0.315 e. The quantitative estimate of drug-likeness (QED) is 0.0834. The van der Waals surface area contributed by atoms with Crippen LogP contribution in [0.4, 0.5) is 0 Å². The van der Waals surface area contributed by atoms with E-state index in [1.807, 2.05) is 78.9 Å². The Morgan fingerprint density at radius 2 is 1.25 bits per heavy atom. The summed E-state index contributed by atoms with van der Waals surface area (Å²) in [4.78, 5) is 14.6. The van der Waals surface area contributed by atoms with Crippen molar-refractivity contribution in [1.82, 2.24) is 4.90 Å². The summed E-state index contributed by atoms with van der Waals surface area (Å²) in [6, 6.07) is 33.6. The molecular weight excluding hydrogens is 498 g/mol. The first-order valence-electron chi connectivity index (χ1n) is 13.5. The van der Waals surface area contributed by atoms with Crippen LogP contribution in [0.2, 0.25) is 0 Å². The van der Waals surface area contributed by atoms with E-state index in [9.17, 15) is 4.79 Å². The Morgan fingerprint density at radius 3 is 1.82 bits per heavy atom. The monoisotopic (exact) mass is 535 g/mol. The lowest BCUT2D eigenvalue weighted by Gasteiger charge is -2.16. The number of methoxy groups -OCH3 is 1. The molecule has 0 atom stereocenters. The number of ether oxygens (including phenoxy) is 3. The number of esters is 1. The molecule has 0 fully saturated rings. The molecule has 206 valence electrons. The van der Waals surface area contributed by atoms with Crippen LogP contribution < -0.4 is 14.2 Å². The maximum atomic E-state index is 12.5. The molecular formula is C35H37NO4. The molecule has 4 aromatic rings. The van der Waals surface area contributed by atoms with Crippen LogP contribution in [-0.4, -0.2) is 45.2 Å². The lowest BCUT2D eigenvalue weighted by atomic mass is 9.90. The lowest BCUT2D eigenvalue weighted by Crippen LogP contribution is -2.15. The van der Waals surface area contributed by atoms with Crippen LogP contribution in [0.5, 0.6) is 17.2 Å². The minimum Gasteiger partial charge on any atom is -0.497 e. The van der Waals surface area contributed by atoms with Crippen molar-refractivity contribution in [1.29, 1.82) is 0 Å². The highest BCUT2D eigenvalue weighted by molar-refractivity contribution is 5.98. The Balaban J connectivity index is 1.57. The number of nitrogens with zero attached hydrogens (tertiary/aromatic N) is 1. The summed E-state index contributed by atoms with van der Waals surface area (Å²) in [6.07, 6.45) is 1.20. The number of carbonyl (C=O) groups is 1. The molecule has 4 rings (SSSR count). The van der Waals surface area contributed by atoms with Gasteiger partial charge in [0.05, 0.1) is 20.1 Å². The van der Waals surface area contributed by atoms with Gasteiger partial charge in [-0.2, -0.15) is 0 Å². The summed E-state index contributed by atoms with van der Waals surface area (Å²) < 4.78 is 16.9. The van der Waals surface area contributed by atoms with Crippen molar-refractivity contribution in [2.75, 3.05) is 34.4 Å². The number of benzene rings is 4. The van der Waals surface area contributed by atoms with Crippen molar-refractivity contribution in [3.63, 3.8) is 0 Å². The average molecular weight is 536 g/mol. The summed E-state index contributed by atoms with van der Waals surface area (Å²) in [5, 5.41) is 0. The topological polar surface area (TPSA) is 48.0 Å². The number of carbonyl (C=O) groups excluding carboxylic acids is 1. The predicted molar refractivity (Wildman–Crippen MR) is 162 cm³/mol. The summed E-state index contributed by atoms with van der Waals surface area (Å²) >= 11 is 0. The van der Waals surface area contributed by atoms with E-state index in [-0.39, 0.29) is 12.4 Å². The van der Waals surface area contributed by atoms with Crippen LogP contribution in [0.15, 0.2) is 103 Å². The predicted octanol–water partition coefficient (Wildman–Crippen LogP) is 7.15. The third kappa shape index (κ3) is 8.08. The van der Waals surface area contributed by atoms with Gasteiger partial charge in [0.1, 0.15) is 17.2 Å². The number of hydrogen-bond acceptors (Lipinski definition) is 5. The van der Waals surface area contributed by atoms with Gasteiger partial charge >= 0.3 is 5.97 Å². The highest BCUT2D eigenvalue weighted by atomic mass is 16.5. The minimum absolute atomic E-state index is 0.230. The fourth-order valence-corrected chi connectivity index (χ4v) is 4.49. The molecule has 0 bridgehead atoms. The maximum absolute atomic E-state index is 12.5. The van der Waals surface area contributed by atoms with E-state index in [4.69, 9.17) is 14.2 Å². The van der Waals surface area contributed by atoms with E-state index in [0.717, 1.165) is 57.9 Å². The normalized spacial score (nSPS) is 11.6. The Labute approximate surface area is 237 Å². The first-order chi connectivity index (χ1) is 19.4. The van der Waals surface area contributed by atoms with Gasteiger partial charge in [0.25, 0.3) is 0 Å². The lowest BCUT2D eigenvalue weighted by molar-refractivity contribution is -0.133. The van der Waals surface area contributed by atoms with Gasteiger partial charge in [-0.05, 0) is 97.2 Å². The van der Waals surface area contributed by atoms with Crippen molar-refractivity contribution >= 4 is 17.1 Å². The third-order valence-electron chi connectivity index (χ3n) is 6.63. The Hall–Kier alpha value is -4.35. The van der Waals surface area contributed by atoms with E-state index < -0.39 is 0 Å². The molecule has 40 heavy (non-hydrogen) atoms. The molecule has 0 radical (unpaired) electrons. The van der Waals surface area contributed by atoms with Crippen LogP contribution in [0.1, 0.15) is 35.6 Å². The molecule has 0 heterocycles. The van der Waals surface area contributed by atoms with Crippen LogP contribution in [-0.2, 0) is 11.2 Å². The zero-order valence-corrected chi connectivity index (χ0v) is 23.7. The van der Waals surface area contributed by atoms with Gasteiger partial charge in [0, 0.05) is 6.54 Å². The van der Waals surface area contributed by atoms with Gasteiger partial charge in [-0.1, -0.05) is 66.7 Å². The van der Waals surface area contributed by atoms with Gasteiger partial charge in [-0.25, -0.2) is 0 Å². The molecule has 0 saturated carbocycles. The summed E-state index contributed by atoms with van der Waals surface area (Å²) in [6.45, 7) is 3.79. The molecule has 0 amide bonds. The highest BCUT2D eigenvalue weighted by Crippen LogP contribution is 2.34. The van der Waals surface area contributed by atoms with Crippen molar-refractivity contribution < 1.29 is 19.0 Å². The van der Waals surface area contributed by atoms with E-state index in [1.165, 1.54) is 0 Å². The van der Waals surface area contributed by atoms with E-state index in [0.29, 0.717) is 12.4 Å². The second kappa shape index (κ2) is 14.2. The Kier molecular flexibility index (Phi) is 10.1. The zero-order chi connectivity index (χ0) is 28.3. The van der Waals surface area contributed by atoms with Crippen LogP contribution >= 0.6 is 0 Å². The molecule has 0 aliphatic carbocycles. The van der Waals surface area contributed by atoms with Crippen molar-refractivity contribution in [3.05, 3.63) is 125 Å². The number of rotatable bonds is 12. The summed E-state index contributed by atoms with van der Waals surface area (Å²) in [5.74, 6) is 1.90. The molecule has 0 aromatic heterocycles. The summed E-state index contributed by atoms with van der Waals surface area (Å²) in [7, 11) is 5.80. The Bertz CT molecular complexity index is 1390. The summed E-state index contributed by atoms with van der Waals surface area (Å²) in [5.41, 5.74) is 6.33. The van der Waals surface area contributed by atoms with Crippen LogP contribution in [0.25, 0.3) is 11.1 Å². The molecule has 0 spiro atoms. The standard InChI is InChI=1S/C35H37NO4/c1-26(28-11-17-31(38-4)18-12-28)35(29-13-19-32(20-14-29)39-24-8-23-36(2)3)30-15-21-33(22-16-30)40-34(37)25-27-9-6-5-7-10-27/h5-7,9-22H,8,23-25H2,1-4H3/b35-26-. The van der Waals surface area contributed by atoms with Crippen LogP contribution in [0.3, 0.4) is 0 Å². The van der Waals surface area contributed by atoms with E-state index in [2.05, 4.69) is 50.2 Å². The average Bonchev–Trinajstić information content (AvgIpc) is 2.97. The maximum Gasteiger partial charge on any atom is 0.315 e. The highest BCUT2D eigenvalue weighted by Gasteiger charge is 2.13. The molecule has 0 unspecified atom stereocenters. The molecule has 5 nitrogen and oxygen atoms in total. The first kappa shape index (κ1) is 28.7. The largest absolute Gasteiger partial charge is 0.497 e. The molecule has 5 heteroatoms. The second-order valence-corrected chi connectivity index (χ2v) is 9.92. The SMILES string of the molecule is COc1ccc(/C(C)=C(/c2ccc(OCCCN(C)C)cc2)c2ccc(OC(=O)Cc3ccccc3)cc2)cc1. The van der Waals surface area contributed by atoms with Crippen molar-refractivity contribution in [2.24, 2.45) is 0 Å². The molecule has 4 aromatic carbocycles. The fraction of sp³-hybridized carbons (Fsp3) is 0.229. The molecule has 0 aliphatic rings. The zero-order valence-electron chi connectivity index (χ0n) is 23.7. The van der Waals surface area contributed by atoms with E-state index >= 15 is 0 Å². The number of hydrogen-bond donors (Lipinski definition) is 0. The Morgan fingerprint density at radius 1 is 0.700 bits per heavy atom. The van der Waals surface area contributed by atoms with Gasteiger partial charge in [0.15, 0.2) is 0 Å². The first-order valence-corrected chi connectivity index (χ1v) is 13.5. The van der Waals surface area contributed by atoms with Gasteiger partial charge in [-0.3, -0.25) is 4.79 Å². The van der Waals surface area contributed by atoms with Gasteiger partial charge in [-0.15, -0.1) is 0 Å². The fourth-order valence-electron chi connectivity index (χ4n) is 4.49. The van der Waals surface area contributed by atoms with Crippen LogP contribution in [0, 0.1) is 0 Å².